The van der Waals surface area contributed by atoms with Crippen LogP contribution in [0.1, 0.15) is 72.6 Å². The van der Waals surface area contributed by atoms with Crippen molar-refractivity contribution in [2.24, 2.45) is 23.3 Å². The van der Waals surface area contributed by atoms with E-state index in [0.717, 1.165) is 0 Å². The zero-order chi connectivity index (χ0) is 32.7. The number of carboxylic acid groups (broad SMARTS) is 1. The van der Waals surface area contributed by atoms with Crippen molar-refractivity contribution in [3.63, 3.8) is 0 Å². The Morgan fingerprint density at radius 2 is 1.33 bits per heavy atom. The molecule has 1 saturated heterocycles. The van der Waals surface area contributed by atoms with Crippen molar-refractivity contribution >= 4 is 35.5 Å². The summed E-state index contributed by atoms with van der Waals surface area (Å²) in [5.41, 5.74) is 11.0. The lowest BCUT2D eigenvalue weighted by molar-refractivity contribution is -0.143. The van der Waals surface area contributed by atoms with Crippen LogP contribution >= 0.6 is 0 Å². The zero-order valence-corrected chi connectivity index (χ0v) is 25.8. The first kappa shape index (κ1) is 37.7. The van der Waals surface area contributed by atoms with Gasteiger partial charge in [0.25, 0.3) is 0 Å². The Hall–Kier alpha value is -3.30. The maximum absolute atomic E-state index is 13.4. The number of carboxylic acids is 1. The minimum atomic E-state index is -1.40. The molecule has 0 bridgehead atoms. The quantitative estimate of drug-likeness (QED) is 0.0757. The lowest BCUT2D eigenvalue weighted by atomic mass is 10.0. The van der Waals surface area contributed by atoms with E-state index in [1.54, 1.807) is 0 Å². The van der Waals surface area contributed by atoms with Gasteiger partial charge in [-0.1, -0.05) is 27.7 Å². The normalized spacial score (nSPS) is 17.6. The monoisotopic (exact) mass is 613 g/mol. The van der Waals surface area contributed by atoms with Gasteiger partial charge in [-0.2, -0.15) is 0 Å². The van der Waals surface area contributed by atoms with Crippen molar-refractivity contribution in [1.82, 2.24) is 26.2 Å². The van der Waals surface area contributed by atoms with Crippen LogP contribution in [0.15, 0.2) is 0 Å². The molecule has 5 unspecified atom stereocenters. The Morgan fingerprint density at radius 3 is 1.86 bits per heavy atom. The smallest absolute Gasteiger partial charge is 0.326 e. The maximum Gasteiger partial charge on any atom is 0.326 e. The van der Waals surface area contributed by atoms with Gasteiger partial charge >= 0.3 is 5.97 Å². The van der Waals surface area contributed by atoms with Crippen LogP contribution in [-0.2, 0) is 28.8 Å². The molecule has 246 valence electrons. The van der Waals surface area contributed by atoms with Gasteiger partial charge in [0, 0.05) is 6.54 Å². The van der Waals surface area contributed by atoms with Gasteiger partial charge in [0.15, 0.2) is 0 Å². The number of rotatable bonds is 19. The fourth-order valence-corrected chi connectivity index (χ4v) is 4.89. The van der Waals surface area contributed by atoms with E-state index in [-0.39, 0.29) is 37.6 Å². The fourth-order valence-electron chi connectivity index (χ4n) is 4.89. The molecule has 0 aromatic rings. The van der Waals surface area contributed by atoms with Crippen LogP contribution in [0.3, 0.4) is 0 Å². The molecular formula is C28H51N7O8. The molecule has 0 aliphatic carbocycles. The van der Waals surface area contributed by atoms with E-state index in [0.29, 0.717) is 38.8 Å². The number of nitrogens with one attached hydrogen (secondary N) is 4. The average molecular weight is 614 g/mol. The van der Waals surface area contributed by atoms with Gasteiger partial charge in [-0.25, -0.2) is 4.79 Å². The Labute approximate surface area is 253 Å². The third kappa shape index (κ3) is 12.8. The molecule has 5 atom stereocenters. The number of likely N-dealkylation sites (tertiary alicyclic amines) is 1. The lowest BCUT2D eigenvalue weighted by Crippen LogP contribution is -2.59. The first-order chi connectivity index (χ1) is 20.2. The van der Waals surface area contributed by atoms with Gasteiger partial charge < -0.3 is 47.8 Å². The molecule has 1 rings (SSSR count). The molecule has 1 aliphatic rings. The molecule has 0 aromatic carbocycles. The highest BCUT2D eigenvalue weighted by Crippen LogP contribution is 2.17. The molecule has 15 nitrogen and oxygen atoms in total. The maximum atomic E-state index is 13.4. The number of hydrogen-bond donors (Lipinski definition) is 8. The van der Waals surface area contributed by atoms with Gasteiger partial charge in [0.1, 0.15) is 30.2 Å². The van der Waals surface area contributed by atoms with E-state index in [1.807, 2.05) is 27.7 Å². The Bertz CT molecular complexity index is 961. The second-order valence-corrected chi connectivity index (χ2v) is 11.8. The van der Waals surface area contributed by atoms with Crippen LogP contribution in [0, 0.1) is 11.8 Å². The molecule has 0 radical (unpaired) electrons. The number of amides is 5. The standard InChI is InChI=1S/C28H51N7O8/c1-16(2)12-19(32-26(40)21(15-36)34-27(41)22-9-7-11-35(22)23(37)14-30)25(39)31-18(8-5-6-10-29)24(38)33-20(28(42)43)13-17(3)4/h16-22,36H,5-15,29-30H2,1-4H3,(H,31,39)(H,32,40)(H,33,38)(H,34,41)(H,42,43). The van der Waals surface area contributed by atoms with Gasteiger partial charge in [-0.3, -0.25) is 24.0 Å². The second-order valence-electron chi connectivity index (χ2n) is 11.8. The highest BCUT2D eigenvalue weighted by atomic mass is 16.4. The predicted octanol–water partition coefficient (Wildman–Crippen LogP) is -1.83. The van der Waals surface area contributed by atoms with Crippen molar-refractivity contribution in [1.29, 1.82) is 0 Å². The number of carbonyl (C=O) groups is 6. The largest absolute Gasteiger partial charge is 0.480 e. The van der Waals surface area contributed by atoms with Crippen LogP contribution in [-0.4, -0.2) is 107 Å². The van der Waals surface area contributed by atoms with E-state index in [4.69, 9.17) is 11.5 Å². The molecule has 43 heavy (non-hydrogen) atoms. The van der Waals surface area contributed by atoms with Crippen LogP contribution in [0.5, 0.6) is 0 Å². The van der Waals surface area contributed by atoms with Crippen LogP contribution < -0.4 is 32.7 Å². The van der Waals surface area contributed by atoms with E-state index in [9.17, 15) is 39.0 Å². The molecule has 5 amide bonds. The Kier molecular flexibility index (Phi) is 16.7. The number of aliphatic carboxylic acids is 1. The molecule has 1 fully saturated rings. The minimum Gasteiger partial charge on any atom is -0.480 e. The van der Waals surface area contributed by atoms with Crippen LogP contribution in [0.25, 0.3) is 0 Å². The summed E-state index contributed by atoms with van der Waals surface area (Å²) in [5.74, 6) is -4.45. The van der Waals surface area contributed by atoms with Crippen molar-refractivity contribution in [3.8, 4) is 0 Å². The highest BCUT2D eigenvalue weighted by Gasteiger charge is 2.36. The number of nitrogens with zero attached hydrogens (tertiary/aromatic N) is 1. The minimum absolute atomic E-state index is 0.00447. The summed E-state index contributed by atoms with van der Waals surface area (Å²) in [6.45, 7) is 7.01. The lowest BCUT2D eigenvalue weighted by Gasteiger charge is -2.28. The molecule has 0 spiro atoms. The van der Waals surface area contributed by atoms with Crippen molar-refractivity contribution in [2.45, 2.75) is 103 Å². The third-order valence-electron chi connectivity index (χ3n) is 7.11. The molecule has 15 heteroatoms. The van der Waals surface area contributed by atoms with Gasteiger partial charge in [-0.05, 0) is 63.3 Å². The summed E-state index contributed by atoms with van der Waals surface area (Å²) in [4.78, 5) is 77.6. The zero-order valence-electron chi connectivity index (χ0n) is 25.8. The molecule has 1 aliphatic heterocycles. The van der Waals surface area contributed by atoms with E-state index < -0.39 is 72.3 Å². The second kappa shape index (κ2) is 19.1. The molecule has 1 heterocycles. The molecule has 10 N–H and O–H groups in total. The summed E-state index contributed by atoms with van der Waals surface area (Å²) >= 11 is 0. The number of carbonyl (C=O) groups excluding carboxylic acids is 5. The number of aliphatic hydroxyl groups is 1. The van der Waals surface area contributed by atoms with Crippen molar-refractivity contribution < 1.29 is 39.0 Å². The van der Waals surface area contributed by atoms with Crippen LogP contribution in [0.4, 0.5) is 0 Å². The number of hydrogen-bond acceptors (Lipinski definition) is 9. The summed E-state index contributed by atoms with van der Waals surface area (Å²) < 4.78 is 0. The predicted molar refractivity (Wildman–Crippen MR) is 158 cm³/mol. The van der Waals surface area contributed by atoms with Gasteiger partial charge in [0.05, 0.1) is 13.2 Å². The van der Waals surface area contributed by atoms with Crippen molar-refractivity contribution in [3.05, 3.63) is 0 Å². The summed E-state index contributed by atoms with van der Waals surface area (Å²) in [5, 5.41) is 29.6. The molecular weight excluding hydrogens is 562 g/mol. The molecule has 0 saturated carbocycles. The van der Waals surface area contributed by atoms with Gasteiger partial charge in [0.2, 0.25) is 29.5 Å². The van der Waals surface area contributed by atoms with E-state index in [1.165, 1.54) is 4.90 Å². The van der Waals surface area contributed by atoms with Crippen molar-refractivity contribution in [2.75, 3.05) is 26.2 Å². The van der Waals surface area contributed by atoms with E-state index >= 15 is 0 Å². The number of nitrogens with two attached hydrogens (primary N) is 2. The summed E-state index contributed by atoms with van der Waals surface area (Å²) in [6, 6.07) is -5.58. The molecule has 0 aromatic heterocycles. The fraction of sp³-hybridized carbons (Fsp3) is 0.786. The SMILES string of the molecule is CC(C)CC(NC(=O)C(CCCCN)NC(=O)C(CC(C)C)NC(=O)C(CO)NC(=O)C1CCCN1C(=O)CN)C(=O)O. The first-order valence-corrected chi connectivity index (χ1v) is 15.0. The highest BCUT2D eigenvalue weighted by molar-refractivity contribution is 5.96. The average Bonchev–Trinajstić information content (AvgIpc) is 3.43. The summed E-state index contributed by atoms with van der Waals surface area (Å²) in [6.07, 6.45) is 2.59. The first-order valence-electron chi connectivity index (χ1n) is 15.0. The van der Waals surface area contributed by atoms with Crippen LogP contribution in [0.2, 0.25) is 0 Å². The van der Waals surface area contributed by atoms with E-state index in [2.05, 4.69) is 21.3 Å². The Balaban J connectivity index is 3.04. The number of unbranched alkanes of at least 4 members (excludes halogenated alkanes) is 1. The summed E-state index contributed by atoms with van der Waals surface area (Å²) in [7, 11) is 0. The Morgan fingerprint density at radius 1 is 0.791 bits per heavy atom. The van der Waals surface area contributed by atoms with Gasteiger partial charge in [-0.15, -0.1) is 0 Å². The number of aliphatic hydroxyl groups excluding tert-OH is 1. The third-order valence-corrected chi connectivity index (χ3v) is 7.11. The topological polar surface area (TPSA) is 246 Å².